The molecule has 0 aromatic heterocycles. The zero-order chi connectivity index (χ0) is 14.6. The summed E-state index contributed by atoms with van der Waals surface area (Å²) in [6, 6.07) is 3.59. The molecule has 8 nitrogen and oxygen atoms in total. The Labute approximate surface area is 109 Å². The molecule has 8 heteroatoms. The van der Waals surface area contributed by atoms with Gasteiger partial charge >= 0.3 is 5.97 Å². The Morgan fingerprint density at radius 1 is 1.42 bits per heavy atom. The summed E-state index contributed by atoms with van der Waals surface area (Å²) in [4.78, 5) is 10.2. The lowest BCUT2D eigenvalue weighted by atomic mass is 10.2. The fourth-order valence-electron chi connectivity index (χ4n) is 1.36. The first-order valence-corrected chi connectivity index (χ1v) is 5.69. The Balaban J connectivity index is 3.13. The Morgan fingerprint density at radius 3 is 2.53 bits per heavy atom. The van der Waals surface area contributed by atoms with Crippen molar-refractivity contribution in [3.05, 3.63) is 28.3 Å². The molecule has 0 saturated heterocycles. The smallest absolute Gasteiger partial charge is 0.321 e. The van der Waals surface area contributed by atoms with Gasteiger partial charge in [-0.2, -0.15) is 0 Å². The SMILES string of the molecule is CCN(O)c1ccc(OC(O)(O)CC)cc1[N+](=O)[O-]. The lowest BCUT2D eigenvalue weighted by Gasteiger charge is -2.21. The normalized spacial score (nSPS) is 11.2. The van der Waals surface area contributed by atoms with Gasteiger partial charge in [0.25, 0.3) is 5.69 Å². The summed E-state index contributed by atoms with van der Waals surface area (Å²) in [5.41, 5.74) is -0.397. The van der Waals surface area contributed by atoms with Crippen LogP contribution in [0, 0.1) is 10.1 Å². The van der Waals surface area contributed by atoms with Crippen molar-refractivity contribution in [2.24, 2.45) is 0 Å². The van der Waals surface area contributed by atoms with E-state index in [1.165, 1.54) is 19.1 Å². The van der Waals surface area contributed by atoms with Gasteiger partial charge in [0.05, 0.1) is 11.0 Å². The average molecular weight is 272 g/mol. The summed E-state index contributed by atoms with van der Waals surface area (Å²) in [5.74, 6) is -2.47. The highest BCUT2D eigenvalue weighted by atomic mass is 16.8. The van der Waals surface area contributed by atoms with Gasteiger partial charge in [0.2, 0.25) is 0 Å². The monoisotopic (exact) mass is 272 g/mol. The lowest BCUT2D eigenvalue weighted by molar-refractivity contribution is -0.384. The van der Waals surface area contributed by atoms with Crippen molar-refractivity contribution < 1.29 is 25.1 Å². The summed E-state index contributed by atoms with van der Waals surface area (Å²) in [7, 11) is 0. The second-order valence-corrected chi connectivity index (χ2v) is 3.82. The number of hydroxylamine groups is 1. The third-order valence-corrected chi connectivity index (χ3v) is 2.46. The number of rotatable bonds is 6. The van der Waals surface area contributed by atoms with Crippen molar-refractivity contribution in [2.75, 3.05) is 11.6 Å². The second kappa shape index (κ2) is 5.83. The Hall–Kier alpha value is -1.90. The van der Waals surface area contributed by atoms with E-state index in [2.05, 4.69) is 0 Å². The number of ether oxygens (including phenoxy) is 1. The third-order valence-electron chi connectivity index (χ3n) is 2.46. The van der Waals surface area contributed by atoms with Gasteiger partial charge in [0, 0.05) is 13.0 Å². The van der Waals surface area contributed by atoms with Crippen LogP contribution in [0.2, 0.25) is 0 Å². The highest BCUT2D eigenvalue weighted by Gasteiger charge is 2.25. The fourth-order valence-corrected chi connectivity index (χ4v) is 1.36. The summed E-state index contributed by atoms with van der Waals surface area (Å²) in [6.45, 7) is 3.27. The predicted octanol–water partition coefficient (Wildman–Crippen LogP) is 1.24. The van der Waals surface area contributed by atoms with Crippen LogP contribution in [0.25, 0.3) is 0 Å². The van der Waals surface area contributed by atoms with E-state index in [4.69, 9.17) is 4.74 Å². The van der Waals surface area contributed by atoms with E-state index in [-0.39, 0.29) is 24.4 Å². The first-order chi connectivity index (χ1) is 8.80. The van der Waals surface area contributed by atoms with Crippen molar-refractivity contribution in [3.8, 4) is 5.75 Å². The summed E-state index contributed by atoms with van der Waals surface area (Å²) in [6.07, 6.45) is -0.108. The number of nitro benzene ring substituents is 1. The van der Waals surface area contributed by atoms with E-state index in [0.717, 1.165) is 6.07 Å². The minimum Gasteiger partial charge on any atom is -0.439 e. The standard InChI is InChI=1S/C11H16N2O6/c1-3-11(14,15)19-8-5-6-9(12(16)4-2)10(7-8)13(17)18/h5-7,14-16H,3-4H2,1-2H3. The highest BCUT2D eigenvalue weighted by molar-refractivity contribution is 5.64. The van der Waals surface area contributed by atoms with E-state index < -0.39 is 16.6 Å². The van der Waals surface area contributed by atoms with Gasteiger partial charge in [-0.15, -0.1) is 0 Å². The van der Waals surface area contributed by atoms with Crippen molar-refractivity contribution >= 4 is 11.4 Å². The molecule has 0 heterocycles. The molecule has 0 amide bonds. The van der Waals surface area contributed by atoms with E-state index in [1.807, 2.05) is 0 Å². The van der Waals surface area contributed by atoms with Gasteiger partial charge in [-0.1, -0.05) is 6.92 Å². The molecule has 0 radical (unpaired) electrons. The molecule has 0 spiro atoms. The maximum Gasteiger partial charge on any atom is 0.321 e. The third kappa shape index (κ3) is 3.78. The molecular weight excluding hydrogens is 256 g/mol. The molecule has 0 unspecified atom stereocenters. The molecular formula is C11H16N2O6. The van der Waals surface area contributed by atoms with Crippen LogP contribution < -0.4 is 9.80 Å². The number of nitro groups is 1. The molecule has 0 bridgehead atoms. The van der Waals surface area contributed by atoms with Crippen molar-refractivity contribution in [3.63, 3.8) is 0 Å². The Morgan fingerprint density at radius 2 is 2.05 bits per heavy atom. The molecule has 0 atom stereocenters. The van der Waals surface area contributed by atoms with Gasteiger partial charge in [0.1, 0.15) is 11.4 Å². The van der Waals surface area contributed by atoms with Gasteiger partial charge in [-0.3, -0.25) is 20.4 Å². The van der Waals surface area contributed by atoms with Crippen LogP contribution in [0.15, 0.2) is 18.2 Å². The van der Waals surface area contributed by atoms with Gasteiger partial charge in [-0.05, 0) is 19.1 Å². The van der Waals surface area contributed by atoms with E-state index in [0.29, 0.717) is 5.06 Å². The molecule has 1 aromatic rings. The van der Waals surface area contributed by atoms with Gasteiger partial charge in [-0.25, -0.2) is 0 Å². The maximum absolute atomic E-state index is 10.9. The van der Waals surface area contributed by atoms with Crippen molar-refractivity contribution in [2.45, 2.75) is 26.2 Å². The average Bonchev–Trinajstić information content (AvgIpc) is 2.37. The van der Waals surface area contributed by atoms with Crippen LogP contribution >= 0.6 is 0 Å². The number of nitrogens with zero attached hydrogens (tertiary/aromatic N) is 2. The minimum atomic E-state index is -2.39. The van der Waals surface area contributed by atoms with Crippen LogP contribution in [0.1, 0.15) is 20.3 Å². The van der Waals surface area contributed by atoms with E-state index in [9.17, 15) is 25.5 Å². The zero-order valence-electron chi connectivity index (χ0n) is 10.6. The van der Waals surface area contributed by atoms with Gasteiger partial charge < -0.3 is 14.9 Å². The van der Waals surface area contributed by atoms with Crippen LogP contribution in [0.4, 0.5) is 11.4 Å². The number of anilines is 1. The molecule has 19 heavy (non-hydrogen) atoms. The van der Waals surface area contributed by atoms with Crippen LogP contribution in [-0.4, -0.2) is 32.9 Å². The van der Waals surface area contributed by atoms with E-state index in [1.54, 1.807) is 6.92 Å². The summed E-state index contributed by atoms with van der Waals surface area (Å²) in [5, 5.41) is 39.8. The van der Waals surface area contributed by atoms with Crippen molar-refractivity contribution in [1.29, 1.82) is 0 Å². The number of hydrogen-bond acceptors (Lipinski definition) is 7. The molecule has 1 rings (SSSR count). The Kier molecular flexibility index (Phi) is 4.65. The second-order valence-electron chi connectivity index (χ2n) is 3.82. The molecule has 0 aliphatic carbocycles. The molecule has 0 aliphatic heterocycles. The summed E-state index contributed by atoms with van der Waals surface area (Å²) < 4.78 is 4.82. The lowest BCUT2D eigenvalue weighted by Crippen LogP contribution is -2.34. The first kappa shape index (κ1) is 15.2. The predicted molar refractivity (Wildman–Crippen MR) is 66.0 cm³/mol. The number of hydrogen-bond donors (Lipinski definition) is 3. The number of benzene rings is 1. The molecule has 0 saturated carbocycles. The highest BCUT2D eigenvalue weighted by Crippen LogP contribution is 2.32. The zero-order valence-corrected chi connectivity index (χ0v) is 10.6. The van der Waals surface area contributed by atoms with Gasteiger partial charge in [0.15, 0.2) is 0 Å². The van der Waals surface area contributed by atoms with Crippen LogP contribution in [0.5, 0.6) is 5.75 Å². The molecule has 0 fully saturated rings. The molecule has 106 valence electrons. The largest absolute Gasteiger partial charge is 0.439 e. The van der Waals surface area contributed by atoms with Crippen molar-refractivity contribution in [1.82, 2.24) is 0 Å². The van der Waals surface area contributed by atoms with E-state index >= 15 is 0 Å². The topological polar surface area (TPSA) is 116 Å². The number of aliphatic hydroxyl groups is 2. The molecule has 0 aliphatic rings. The summed E-state index contributed by atoms with van der Waals surface area (Å²) >= 11 is 0. The maximum atomic E-state index is 10.9. The first-order valence-electron chi connectivity index (χ1n) is 5.69. The molecule has 1 aromatic carbocycles. The van der Waals surface area contributed by atoms with Crippen LogP contribution in [0.3, 0.4) is 0 Å². The minimum absolute atomic E-state index is 0.00201. The quantitative estimate of drug-likeness (QED) is 0.405. The van der Waals surface area contributed by atoms with Crippen LogP contribution in [-0.2, 0) is 0 Å². The molecule has 3 N–H and O–H groups in total. The fraction of sp³-hybridized carbons (Fsp3) is 0.455. The Bertz CT molecular complexity index is 462.